The molecule has 0 heterocycles. The molecule has 0 amide bonds. The number of rotatable bonds is 1. The van der Waals surface area contributed by atoms with E-state index in [0.717, 1.165) is 26.9 Å². The SMILES string of the molecule is Ic1cccc2c1-c1ccccc1-2.O=S(=O)(O)c1ccc2ccc3cccc4ccc1c2c34. The molecule has 6 aromatic rings. The Morgan fingerprint density at radius 2 is 1.15 bits per heavy atom. The van der Waals surface area contributed by atoms with Gasteiger partial charge in [0, 0.05) is 14.5 Å². The second kappa shape index (κ2) is 7.52. The van der Waals surface area contributed by atoms with Gasteiger partial charge < -0.3 is 0 Å². The van der Waals surface area contributed by atoms with Crippen molar-refractivity contribution in [2.45, 2.75) is 4.90 Å². The Kier molecular flexibility index (Phi) is 4.69. The van der Waals surface area contributed by atoms with Gasteiger partial charge in [0.25, 0.3) is 10.1 Å². The minimum Gasteiger partial charge on any atom is -0.282 e. The van der Waals surface area contributed by atoms with Gasteiger partial charge in [-0.2, -0.15) is 8.42 Å². The highest BCUT2D eigenvalue weighted by Gasteiger charge is 2.23. The summed E-state index contributed by atoms with van der Waals surface area (Å²) in [7, 11) is -4.23. The third-order valence-electron chi connectivity index (χ3n) is 6.27. The molecule has 6 aromatic carbocycles. The van der Waals surface area contributed by atoms with Crippen LogP contribution in [0.2, 0.25) is 0 Å². The van der Waals surface area contributed by atoms with Crippen molar-refractivity contribution in [3.63, 3.8) is 0 Å². The first-order chi connectivity index (χ1) is 15.9. The van der Waals surface area contributed by atoms with E-state index in [2.05, 4.69) is 65.1 Å². The monoisotopic (exact) mass is 560 g/mol. The lowest BCUT2D eigenvalue weighted by Crippen LogP contribution is -1.99. The summed E-state index contributed by atoms with van der Waals surface area (Å²) in [4.78, 5) is -0.0387. The average molecular weight is 560 g/mol. The Morgan fingerprint density at radius 1 is 0.576 bits per heavy atom. The first-order valence-electron chi connectivity index (χ1n) is 10.5. The molecule has 33 heavy (non-hydrogen) atoms. The van der Waals surface area contributed by atoms with E-state index < -0.39 is 10.1 Å². The maximum absolute atomic E-state index is 11.5. The molecule has 0 saturated heterocycles. The second-order valence-corrected chi connectivity index (χ2v) is 10.7. The van der Waals surface area contributed by atoms with E-state index in [1.165, 1.54) is 31.9 Å². The molecule has 0 bridgehead atoms. The molecule has 1 aliphatic carbocycles. The van der Waals surface area contributed by atoms with Crippen LogP contribution in [0.25, 0.3) is 54.6 Å². The van der Waals surface area contributed by atoms with Gasteiger partial charge in [0.15, 0.2) is 0 Å². The number of halogens is 1. The lowest BCUT2D eigenvalue weighted by Gasteiger charge is -2.24. The van der Waals surface area contributed by atoms with Crippen LogP contribution in [0.1, 0.15) is 0 Å². The molecular weight excluding hydrogens is 543 g/mol. The van der Waals surface area contributed by atoms with Crippen molar-refractivity contribution in [3.8, 4) is 22.3 Å². The predicted octanol–water partition coefficient (Wildman–Crippen LogP) is 7.77. The molecule has 0 aromatic heterocycles. The molecule has 0 radical (unpaired) electrons. The zero-order chi connectivity index (χ0) is 22.7. The predicted molar refractivity (Wildman–Crippen MR) is 144 cm³/mol. The molecule has 1 aliphatic rings. The summed E-state index contributed by atoms with van der Waals surface area (Å²) >= 11 is 2.40. The summed E-state index contributed by atoms with van der Waals surface area (Å²) in [6, 6.07) is 31.9. The molecule has 0 fully saturated rings. The normalized spacial score (nSPS) is 12.2. The third kappa shape index (κ3) is 3.22. The highest BCUT2D eigenvalue weighted by atomic mass is 127. The van der Waals surface area contributed by atoms with Crippen LogP contribution < -0.4 is 0 Å². The fourth-order valence-electron chi connectivity index (χ4n) is 4.83. The quantitative estimate of drug-likeness (QED) is 0.127. The molecule has 7 rings (SSSR count). The molecule has 1 N–H and O–H groups in total. The highest BCUT2D eigenvalue weighted by Crippen LogP contribution is 2.48. The Hall–Kier alpha value is -3.00. The minimum absolute atomic E-state index is 0.0387. The molecule has 3 nitrogen and oxygen atoms in total. The van der Waals surface area contributed by atoms with Crippen molar-refractivity contribution in [3.05, 3.63) is 101 Å². The molecule has 0 aliphatic heterocycles. The van der Waals surface area contributed by atoms with E-state index in [4.69, 9.17) is 0 Å². The van der Waals surface area contributed by atoms with Crippen LogP contribution in [-0.2, 0) is 10.1 Å². The summed E-state index contributed by atoms with van der Waals surface area (Å²) < 4.78 is 33.8. The Labute approximate surface area is 204 Å². The van der Waals surface area contributed by atoms with E-state index >= 15 is 0 Å². The summed E-state index contributed by atoms with van der Waals surface area (Å²) in [5, 5.41) is 5.58. The van der Waals surface area contributed by atoms with Crippen molar-refractivity contribution in [2.24, 2.45) is 0 Å². The maximum Gasteiger partial charge on any atom is 0.295 e. The molecule has 5 heteroatoms. The Bertz CT molecular complexity index is 1790. The lowest BCUT2D eigenvalue weighted by atomic mass is 9.81. The van der Waals surface area contributed by atoms with Crippen molar-refractivity contribution in [1.82, 2.24) is 0 Å². The Balaban J connectivity index is 0.000000137. The van der Waals surface area contributed by atoms with E-state index in [0.29, 0.717) is 5.39 Å². The van der Waals surface area contributed by atoms with Crippen molar-refractivity contribution in [1.29, 1.82) is 0 Å². The van der Waals surface area contributed by atoms with E-state index in [9.17, 15) is 13.0 Å². The molecule has 0 saturated carbocycles. The number of fused-ring (bicyclic) bond motifs is 4. The zero-order valence-electron chi connectivity index (χ0n) is 17.3. The van der Waals surface area contributed by atoms with Gasteiger partial charge in [0.1, 0.15) is 4.90 Å². The zero-order valence-corrected chi connectivity index (χ0v) is 20.3. The number of hydrogen-bond acceptors (Lipinski definition) is 2. The number of benzene rings is 6. The van der Waals surface area contributed by atoms with Crippen molar-refractivity contribution < 1.29 is 13.0 Å². The second-order valence-electron chi connectivity index (χ2n) is 8.10. The van der Waals surface area contributed by atoms with Gasteiger partial charge >= 0.3 is 0 Å². The lowest BCUT2D eigenvalue weighted by molar-refractivity contribution is 0.484. The molecular formula is C28H17IO3S. The molecule has 0 unspecified atom stereocenters. The minimum atomic E-state index is -4.23. The van der Waals surface area contributed by atoms with E-state index in [1.54, 1.807) is 12.1 Å². The van der Waals surface area contributed by atoms with Crippen molar-refractivity contribution >= 4 is 65.0 Å². The van der Waals surface area contributed by atoms with Crippen LogP contribution in [0.15, 0.2) is 102 Å². The summed E-state index contributed by atoms with van der Waals surface area (Å²) in [5.41, 5.74) is 5.64. The first-order valence-corrected chi connectivity index (χ1v) is 13.0. The molecule has 0 spiro atoms. The molecule has 0 atom stereocenters. The van der Waals surface area contributed by atoms with E-state index in [-0.39, 0.29) is 4.90 Å². The topological polar surface area (TPSA) is 54.4 Å². The van der Waals surface area contributed by atoms with Crippen LogP contribution in [0, 0.1) is 3.57 Å². The summed E-state index contributed by atoms with van der Waals surface area (Å²) in [6.45, 7) is 0. The van der Waals surface area contributed by atoms with Gasteiger partial charge in [-0.15, -0.1) is 0 Å². The molecule has 160 valence electrons. The van der Waals surface area contributed by atoms with E-state index in [1.807, 2.05) is 36.4 Å². The van der Waals surface area contributed by atoms with Gasteiger partial charge in [-0.05, 0) is 78.3 Å². The fourth-order valence-corrected chi connectivity index (χ4v) is 6.31. The van der Waals surface area contributed by atoms with Gasteiger partial charge in [-0.3, -0.25) is 4.55 Å². The summed E-state index contributed by atoms with van der Waals surface area (Å²) in [6.07, 6.45) is 0. The van der Waals surface area contributed by atoms with Crippen LogP contribution in [-0.4, -0.2) is 13.0 Å². The average Bonchev–Trinajstić information content (AvgIpc) is 2.80. The van der Waals surface area contributed by atoms with Gasteiger partial charge in [-0.1, -0.05) is 84.9 Å². The third-order valence-corrected chi connectivity index (χ3v) is 8.08. The highest BCUT2D eigenvalue weighted by molar-refractivity contribution is 14.1. The smallest absolute Gasteiger partial charge is 0.282 e. The fraction of sp³-hybridized carbons (Fsp3) is 0. The first kappa shape index (κ1) is 20.6. The van der Waals surface area contributed by atoms with Crippen LogP contribution in [0.4, 0.5) is 0 Å². The summed E-state index contributed by atoms with van der Waals surface area (Å²) in [5.74, 6) is 0. The number of hydrogen-bond donors (Lipinski definition) is 1. The van der Waals surface area contributed by atoms with Crippen LogP contribution >= 0.6 is 22.6 Å². The Morgan fingerprint density at radius 3 is 1.88 bits per heavy atom. The largest absolute Gasteiger partial charge is 0.295 e. The van der Waals surface area contributed by atoms with Gasteiger partial charge in [0.05, 0.1) is 0 Å². The van der Waals surface area contributed by atoms with Crippen LogP contribution in [0.3, 0.4) is 0 Å². The van der Waals surface area contributed by atoms with Gasteiger partial charge in [-0.25, -0.2) is 0 Å². The van der Waals surface area contributed by atoms with Gasteiger partial charge in [0.2, 0.25) is 0 Å². The maximum atomic E-state index is 11.5. The standard InChI is InChI=1S/C16H10O3S.C12H7I/c17-20(18,19)14-9-7-12-5-4-10-2-1-3-11-6-8-13(14)16(12)15(10)11;13-11-7-3-6-10-8-4-1-2-5-9(8)12(10)11/h1-9H,(H,17,18,19);1-7H. The van der Waals surface area contributed by atoms with Crippen LogP contribution in [0.5, 0.6) is 0 Å². The van der Waals surface area contributed by atoms with Crippen molar-refractivity contribution in [2.75, 3.05) is 0 Å².